The fourth-order valence-electron chi connectivity index (χ4n) is 5.12. The van der Waals surface area contributed by atoms with Gasteiger partial charge in [-0.15, -0.1) is 0 Å². The van der Waals surface area contributed by atoms with Crippen molar-refractivity contribution in [2.24, 2.45) is 5.92 Å². The van der Waals surface area contributed by atoms with Gasteiger partial charge in [0, 0.05) is 41.6 Å². The maximum atomic E-state index is 14.6. The summed E-state index contributed by atoms with van der Waals surface area (Å²) in [6, 6.07) is 14.0. The number of carbonyl (C=O) groups is 1. The Kier molecular flexibility index (Phi) is 7.68. The molecular formula is C32H30FN7O3S. The number of nitrogens with one attached hydrogen (secondary N) is 3. The summed E-state index contributed by atoms with van der Waals surface area (Å²) in [5.74, 6) is 0.121. The van der Waals surface area contributed by atoms with E-state index < -0.39 is 15.7 Å². The SMILES string of the molecule is CC(C)CC(=O)Nc1cncc(-c2ccc3[nH]nc(-c4nc5c(-c6cc(F)cc(CCS(C)(=O)=O)c6)nccc5[nH]4)c3c2)c1. The van der Waals surface area contributed by atoms with Crippen molar-refractivity contribution in [1.82, 2.24) is 30.1 Å². The van der Waals surface area contributed by atoms with Gasteiger partial charge in [-0.05, 0) is 65.9 Å². The average molecular weight is 612 g/mol. The maximum Gasteiger partial charge on any atom is 0.224 e. The van der Waals surface area contributed by atoms with Crippen LogP contribution in [0.1, 0.15) is 25.8 Å². The Bertz CT molecular complexity index is 2140. The van der Waals surface area contributed by atoms with Crippen molar-refractivity contribution in [1.29, 1.82) is 0 Å². The molecule has 10 nitrogen and oxygen atoms in total. The number of rotatable bonds is 9. The van der Waals surface area contributed by atoms with Crippen molar-refractivity contribution in [3.05, 3.63) is 78.5 Å². The number of benzene rings is 2. The highest BCUT2D eigenvalue weighted by Crippen LogP contribution is 2.33. The molecule has 1 amide bonds. The highest BCUT2D eigenvalue weighted by atomic mass is 32.2. The number of aromatic nitrogens is 6. The number of halogens is 1. The standard InChI is InChI=1S/C32H30FN7O3S/c1-18(2)10-28(41)36-24-14-22(16-34-17-24)20-4-5-26-25(15-20)30(40-39-26)32-37-27-6-8-35-29(31(27)38-32)21-11-19(12-23(33)13-21)7-9-44(3,42)43/h4-6,8,11-18H,7,9-10H2,1-3H3,(H,36,41)(H,37,38)(H,39,40). The van der Waals surface area contributed by atoms with Gasteiger partial charge in [0.25, 0.3) is 0 Å². The minimum Gasteiger partial charge on any atom is -0.336 e. The monoisotopic (exact) mass is 611 g/mol. The van der Waals surface area contributed by atoms with E-state index in [4.69, 9.17) is 4.98 Å². The number of carbonyl (C=O) groups excluding carboxylic acids is 1. The van der Waals surface area contributed by atoms with Crippen LogP contribution in [0.25, 0.3) is 55.8 Å². The Morgan fingerprint density at radius 3 is 2.61 bits per heavy atom. The third-order valence-electron chi connectivity index (χ3n) is 7.13. The zero-order valence-electron chi connectivity index (χ0n) is 24.3. The van der Waals surface area contributed by atoms with Crippen molar-refractivity contribution in [2.45, 2.75) is 26.7 Å². The van der Waals surface area contributed by atoms with Crippen molar-refractivity contribution < 1.29 is 17.6 Å². The summed E-state index contributed by atoms with van der Waals surface area (Å²) in [7, 11) is -3.20. The van der Waals surface area contributed by atoms with Gasteiger partial charge in [0.15, 0.2) is 5.82 Å². The van der Waals surface area contributed by atoms with Crippen LogP contribution in [0.4, 0.5) is 10.1 Å². The largest absolute Gasteiger partial charge is 0.336 e. The lowest BCUT2D eigenvalue weighted by atomic mass is 10.0. The highest BCUT2D eigenvalue weighted by molar-refractivity contribution is 7.90. The lowest BCUT2D eigenvalue weighted by molar-refractivity contribution is -0.116. The zero-order chi connectivity index (χ0) is 31.0. The maximum absolute atomic E-state index is 14.6. The number of anilines is 1. The fourth-order valence-corrected chi connectivity index (χ4v) is 5.72. The van der Waals surface area contributed by atoms with E-state index >= 15 is 0 Å². The fraction of sp³-hybridized carbons (Fsp3) is 0.219. The third-order valence-corrected chi connectivity index (χ3v) is 8.08. The molecule has 6 rings (SSSR count). The summed E-state index contributed by atoms with van der Waals surface area (Å²) in [5, 5.41) is 11.3. The molecule has 0 bridgehead atoms. The predicted octanol–water partition coefficient (Wildman–Crippen LogP) is 5.94. The Balaban J connectivity index is 1.36. The van der Waals surface area contributed by atoms with Crippen LogP contribution in [0.2, 0.25) is 0 Å². The first-order chi connectivity index (χ1) is 21.0. The van der Waals surface area contributed by atoms with E-state index in [0.717, 1.165) is 28.3 Å². The molecule has 0 unspecified atom stereocenters. The van der Waals surface area contributed by atoms with Gasteiger partial charge in [-0.1, -0.05) is 19.9 Å². The van der Waals surface area contributed by atoms with E-state index in [-0.39, 0.29) is 24.0 Å². The van der Waals surface area contributed by atoms with Crippen LogP contribution < -0.4 is 5.32 Å². The molecule has 0 saturated heterocycles. The molecule has 0 atom stereocenters. The van der Waals surface area contributed by atoms with E-state index in [9.17, 15) is 17.6 Å². The Morgan fingerprint density at radius 2 is 1.82 bits per heavy atom. The summed E-state index contributed by atoms with van der Waals surface area (Å²) >= 11 is 0. The van der Waals surface area contributed by atoms with Crippen LogP contribution in [-0.4, -0.2) is 56.5 Å². The van der Waals surface area contributed by atoms with E-state index in [0.29, 0.717) is 51.5 Å². The van der Waals surface area contributed by atoms with Crippen LogP contribution in [0, 0.1) is 11.7 Å². The van der Waals surface area contributed by atoms with Crippen LogP contribution >= 0.6 is 0 Å². The number of hydrogen-bond donors (Lipinski definition) is 3. The molecule has 12 heteroatoms. The van der Waals surface area contributed by atoms with Crippen molar-refractivity contribution in [3.63, 3.8) is 0 Å². The van der Waals surface area contributed by atoms with Crippen LogP contribution in [0.5, 0.6) is 0 Å². The zero-order valence-corrected chi connectivity index (χ0v) is 25.2. The molecule has 0 aliphatic carbocycles. The molecule has 3 N–H and O–H groups in total. The molecule has 0 radical (unpaired) electrons. The Hall–Kier alpha value is -4.97. The number of sulfone groups is 1. The van der Waals surface area contributed by atoms with Gasteiger partial charge in [0.1, 0.15) is 26.9 Å². The normalized spacial score (nSPS) is 11.9. The number of nitrogens with zero attached hydrogens (tertiary/aromatic N) is 4. The van der Waals surface area contributed by atoms with E-state index in [2.05, 4.69) is 30.5 Å². The number of pyridine rings is 2. The van der Waals surface area contributed by atoms with Crippen LogP contribution in [0.3, 0.4) is 0 Å². The summed E-state index contributed by atoms with van der Waals surface area (Å²) in [6.07, 6.45) is 6.74. The van der Waals surface area contributed by atoms with Gasteiger partial charge in [-0.2, -0.15) is 5.10 Å². The Morgan fingerprint density at radius 1 is 0.977 bits per heavy atom. The molecule has 0 aliphatic heterocycles. The summed E-state index contributed by atoms with van der Waals surface area (Å²) < 4.78 is 37.9. The summed E-state index contributed by atoms with van der Waals surface area (Å²) in [5.41, 5.74) is 6.47. The predicted molar refractivity (Wildman–Crippen MR) is 169 cm³/mol. The van der Waals surface area contributed by atoms with E-state index in [1.165, 1.54) is 12.1 Å². The van der Waals surface area contributed by atoms with Crippen molar-refractivity contribution >= 4 is 43.4 Å². The minimum absolute atomic E-state index is 0.0614. The lowest BCUT2D eigenvalue weighted by Crippen LogP contribution is -2.13. The first-order valence-corrected chi connectivity index (χ1v) is 16.1. The van der Waals surface area contributed by atoms with Gasteiger partial charge in [0.2, 0.25) is 5.91 Å². The number of H-pyrrole nitrogens is 2. The van der Waals surface area contributed by atoms with Gasteiger partial charge in [-0.3, -0.25) is 19.9 Å². The van der Waals surface area contributed by atoms with Gasteiger partial charge >= 0.3 is 0 Å². The lowest BCUT2D eigenvalue weighted by Gasteiger charge is -2.09. The number of aromatic amines is 2. The van der Waals surface area contributed by atoms with Crippen LogP contribution in [-0.2, 0) is 21.1 Å². The van der Waals surface area contributed by atoms with Crippen LogP contribution in [0.15, 0.2) is 67.1 Å². The second-order valence-electron chi connectivity index (χ2n) is 11.3. The highest BCUT2D eigenvalue weighted by Gasteiger charge is 2.18. The first kappa shape index (κ1) is 29.1. The quantitative estimate of drug-likeness (QED) is 0.183. The molecule has 44 heavy (non-hydrogen) atoms. The first-order valence-electron chi connectivity index (χ1n) is 14.1. The van der Waals surface area contributed by atoms with Gasteiger partial charge < -0.3 is 10.3 Å². The van der Waals surface area contributed by atoms with Gasteiger partial charge in [0.05, 0.1) is 34.4 Å². The summed E-state index contributed by atoms with van der Waals surface area (Å²) in [6.45, 7) is 3.99. The molecule has 224 valence electrons. The van der Waals surface area contributed by atoms with E-state index in [1.807, 2.05) is 38.1 Å². The molecule has 0 fully saturated rings. The smallest absolute Gasteiger partial charge is 0.224 e. The van der Waals surface area contributed by atoms with Crippen molar-refractivity contribution in [2.75, 3.05) is 17.3 Å². The topological polar surface area (TPSA) is 146 Å². The van der Waals surface area contributed by atoms with Crippen molar-refractivity contribution in [3.8, 4) is 33.9 Å². The second-order valence-corrected chi connectivity index (χ2v) is 13.6. The number of fused-ring (bicyclic) bond motifs is 2. The average Bonchev–Trinajstić information content (AvgIpc) is 3.59. The van der Waals surface area contributed by atoms with E-state index in [1.54, 1.807) is 30.7 Å². The molecule has 0 aliphatic rings. The molecule has 4 heterocycles. The number of imidazole rings is 1. The summed E-state index contributed by atoms with van der Waals surface area (Å²) in [4.78, 5) is 29.2. The second kappa shape index (κ2) is 11.6. The molecule has 2 aromatic carbocycles. The molecule has 0 spiro atoms. The number of amides is 1. The number of aryl methyl sites for hydroxylation is 1. The third kappa shape index (κ3) is 6.35. The number of hydrogen-bond acceptors (Lipinski definition) is 7. The molecule has 6 aromatic rings. The molecule has 4 aromatic heterocycles. The molecule has 0 saturated carbocycles. The molecular weight excluding hydrogens is 581 g/mol. The minimum atomic E-state index is -3.20. The Labute approximate surface area is 253 Å². The van der Waals surface area contributed by atoms with Gasteiger partial charge in [-0.25, -0.2) is 17.8 Å².